The molecule has 2 aromatic rings. The number of nitrogens with one attached hydrogen (secondary N) is 1. The van der Waals surface area contributed by atoms with E-state index < -0.39 is 0 Å². The molecule has 1 fully saturated rings. The molecular weight excluding hydrogens is 436 g/mol. The van der Waals surface area contributed by atoms with Crippen LogP contribution in [0.2, 0.25) is 0 Å². The molecule has 1 aliphatic rings. The van der Waals surface area contributed by atoms with Crippen LogP contribution >= 0.6 is 15.9 Å². The molecule has 1 amide bonds. The third-order valence-electron chi connectivity index (χ3n) is 5.24. The number of hydrogen-bond acceptors (Lipinski definition) is 5. The molecule has 1 atom stereocenters. The predicted octanol–water partition coefficient (Wildman–Crippen LogP) is 4.04. The molecule has 0 spiro atoms. The van der Waals surface area contributed by atoms with E-state index in [1.165, 1.54) is 12.8 Å². The average molecular weight is 463 g/mol. The first-order valence-corrected chi connectivity index (χ1v) is 10.4. The van der Waals surface area contributed by atoms with Crippen LogP contribution in [-0.4, -0.2) is 51.8 Å². The lowest BCUT2D eigenvalue weighted by molar-refractivity contribution is 0.0936. The topological polar surface area (TPSA) is 60.0 Å². The molecule has 2 aromatic carbocycles. The van der Waals surface area contributed by atoms with Crippen molar-refractivity contribution in [1.82, 2.24) is 10.2 Å². The Morgan fingerprint density at radius 2 is 1.62 bits per heavy atom. The summed E-state index contributed by atoms with van der Waals surface area (Å²) in [6.45, 7) is 2.51. The van der Waals surface area contributed by atoms with Gasteiger partial charge < -0.3 is 19.5 Å². The van der Waals surface area contributed by atoms with Gasteiger partial charge in [0.1, 0.15) is 21.7 Å². The molecule has 7 heteroatoms. The Balaban J connectivity index is 1.82. The fourth-order valence-electron chi connectivity index (χ4n) is 3.72. The van der Waals surface area contributed by atoms with Gasteiger partial charge in [0, 0.05) is 17.7 Å². The highest BCUT2D eigenvalue weighted by molar-refractivity contribution is 9.10. The normalized spacial score (nSPS) is 15.0. The van der Waals surface area contributed by atoms with Crippen molar-refractivity contribution in [2.24, 2.45) is 0 Å². The first-order chi connectivity index (χ1) is 14.1. The van der Waals surface area contributed by atoms with E-state index in [0.717, 1.165) is 24.4 Å². The van der Waals surface area contributed by atoms with Crippen molar-refractivity contribution >= 4 is 21.8 Å². The summed E-state index contributed by atoms with van der Waals surface area (Å²) in [7, 11) is 4.80. The van der Waals surface area contributed by atoms with Crippen LogP contribution < -0.4 is 19.5 Å². The monoisotopic (exact) mass is 462 g/mol. The lowest BCUT2D eigenvalue weighted by Gasteiger charge is -2.29. The summed E-state index contributed by atoms with van der Waals surface area (Å²) in [5.41, 5.74) is 1.57. The van der Waals surface area contributed by atoms with Crippen LogP contribution in [0.3, 0.4) is 0 Å². The summed E-state index contributed by atoms with van der Waals surface area (Å²) in [5, 5.41) is 3.09. The number of halogens is 1. The second-order valence-electron chi connectivity index (χ2n) is 6.91. The number of amides is 1. The van der Waals surface area contributed by atoms with E-state index in [1.54, 1.807) is 33.5 Å². The number of hydrogen-bond donors (Lipinski definition) is 1. The van der Waals surface area contributed by atoms with Crippen molar-refractivity contribution in [3.8, 4) is 17.2 Å². The molecule has 1 saturated heterocycles. The van der Waals surface area contributed by atoms with E-state index >= 15 is 0 Å². The second-order valence-corrected chi connectivity index (χ2v) is 7.70. The highest BCUT2D eigenvalue weighted by Crippen LogP contribution is 2.36. The van der Waals surface area contributed by atoms with E-state index in [0.29, 0.717) is 28.1 Å². The minimum Gasteiger partial charge on any atom is -0.496 e. The van der Waals surface area contributed by atoms with Crippen LogP contribution in [0.25, 0.3) is 0 Å². The van der Waals surface area contributed by atoms with Gasteiger partial charge in [-0.3, -0.25) is 9.69 Å². The fraction of sp³-hybridized carbons (Fsp3) is 0.409. The number of carbonyl (C=O) groups is 1. The standard InChI is InChI=1S/C22H27BrN2O4/c1-27-18-9-5-4-8-16(18)17(25-10-6-7-11-25)14-24-22(26)15-12-19(28-2)21(23)20(13-15)29-3/h4-5,8-9,12-13,17H,6-7,10-11,14H2,1-3H3,(H,24,26). The van der Waals surface area contributed by atoms with Crippen LogP contribution in [0.4, 0.5) is 0 Å². The predicted molar refractivity (Wildman–Crippen MR) is 116 cm³/mol. The fourth-order valence-corrected chi connectivity index (χ4v) is 4.28. The number of rotatable bonds is 8. The Bertz CT molecular complexity index is 827. The van der Waals surface area contributed by atoms with E-state index in [1.807, 2.05) is 18.2 Å². The molecule has 1 unspecified atom stereocenters. The number of para-hydroxylation sites is 1. The number of nitrogens with zero attached hydrogens (tertiary/aromatic N) is 1. The Kier molecular flexibility index (Phi) is 7.39. The van der Waals surface area contributed by atoms with E-state index in [-0.39, 0.29) is 11.9 Å². The Labute approximate surface area is 180 Å². The molecular formula is C22H27BrN2O4. The van der Waals surface area contributed by atoms with Gasteiger partial charge in [-0.1, -0.05) is 18.2 Å². The first kappa shape index (κ1) is 21.5. The van der Waals surface area contributed by atoms with Gasteiger partial charge in [-0.15, -0.1) is 0 Å². The summed E-state index contributed by atoms with van der Waals surface area (Å²) < 4.78 is 17.0. The molecule has 1 aliphatic heterocycles. The average Bonchev–Trinajstić information content (AvgIpc) is 3.28. The maximum Gasteiger partial charge on any atom is 0.251 e. The largest absolute Gasteiger partial charge is 0.496 e. The second kappa shape index (κ2) is 9.98. The zero-order chi connectivity index (χ0) is 20.8. The molecule has 29 heavy (non-hydrogen) atoms. The number of ether oxygens (including phenoxy) is 3. The van der Waals surface area contributed by atoms with Gasteiger partial charge in [-0.05, 0) is 60.1 Å². The summed E-state index contributed by atoms with van der Waals surface area (Å²) in [6.07, 6.45) is 2.33. The van der Waals surface area contributed by atoms with Crippen LogP contribution in [0, 0.1) is 0 Å². The maximum absolute atomic E-state index is 12.9. The molecule has 0 aromatic heterocycles. The molecule has 6 nitrogen and oxygen atoms in total. The SMILES string of the molecule is COc1ccccc1C(CNC(=O)c1cc(OC)c(Br)c(OC)c1)N1CCCC1. The van der Waals surface area contributed by atoms with Crippen molar-refractivity contribution in [3.63, 3.8) is 0 Å². The lowest BCUT2D eigenvalue weighted by Crippen LogP contribution is -2.37. The van der Waals surface area contributed by atoms with E-state index in [2.05, 4.69) is 32.2 Å². The third kappa shape index (κ3) is 4.85. The van der Waals surface area contributed by atoms with Crippen LogP contribution in [-0.2, 0) is 0 Å². The molecule has 1 heterocycles. The van der Waals surface area contributed by atoms with Crippen molar-refractivity contribution in [2.45, 2.75) is 18.9 Å². The molecule has 0 aliphatic carbocycles. The summed E-state index contributed by atoms with van der Waals surface area (Å²) in [5.74, 6) is 1.77. The van der Waals surface area contributed by atoms with Gasteiger partial charge in [-0.2, -0.15) is 0 Å². The number of methoxy groups -OCH3 is 3. The van der Waals surface area contributed by atoms with E-state index in [4.69, 9.17) is 14.2 Å². The van der Waals surface area contributed by atoms with Gasteiger partial charge in [0.15, 0.2) is 0 Å². The molecule has 3 rings (SSSR count). The van der Waals surface area contributed by atoms with Crippen molar-refractivity contribution in [3.05, 3.63) is 52.0 Å². The Morgan fingerprint density at radius 1 is 1.03 bits per heavy atom. The number of likely N-dealkylation sites (tertiary alicyclic amines) is 1. The first-order valence-electron chi connectivity index (χ1n) is 9.65. The van der Waals surface area contributed by atoms with Gasteiger partial charge >= 0.3 is 0 Å². The van der Waals surface area contributed by atoms with Crippen LogP contribution in [0.15, 0.2) is 40.9 Å². The van der Waals surface area contributed by atoms with Crippen molar-refractivity contribution < 1.29 is 19.0 Å². The van der Waals surface area contributed by atoms with Gasteiger partial charge in [-0.25, -0.2) is 0 Å². The molecule has 156 valence electrons. The van der Waals surface area contributed by atoms with E-state index in [9.17, 15) is 4.79 Å². The molecule has 1 N–H and O–H groups in total. The maximum atomic E-state index is 12.9. The van der Waals surface area contributed by atoms with Crippen molar-refractivity contribution in [2.75, 3.05) is 41.0 Å². The third-order valence-corrected chi connectivity index (χ3v) is 6.02. The van der Waals surface area contributed by atoms with Gasteiger partial charge in [0.05, 0.1) is 27.4 Å². The Morgan fingerprint density at radius 3 is 2.21 bits per heavy atom. The Hall–Kier alpha value is -2.25. The smallest absolute Gasteiger partial charge is 0.251 e. The highest BCUT2D eigenvalue weighted by atomic mass is 79.9. The van der Waals surface area contributed by atoms with Gasteiger partial charge in [0.2, 0.25) is 0 Å². The zero-order valence-corrected chi connectivity index (χ0v) is 18.6. The summed E-state index contributed by atoms with van der Waals surface area (Å²) >= 11 is 3.44. The van der Waals surface area contributed by atoms with Crippen LogP contribution in [0.5, 0.6) is 17.2 Å². The minimum atomic E-state index is -0.173. The number of benzene rings is 2. The van der Waals surface area contributed by atoms with Crippen LogP contribution in [0.1, 0.15) is 34.8 Å². The van der Waals surface area contributed by atoms with Crippen molar-refractivity contribution in [1.29, 1.82) is 0 Å². The zero-order valence-electron chi connectivity index (χ0n) is 17.0. The summed E-state index contributed by atoms with van der Waals surface area (Å²) in [6, 6.07) is 11.5. The van der Waals surface area contributed by atoms with Gasteiger partial charge in [0.25, 0.3) is 5.91 Å². The number of carbonyl (C=O) groups excluding carboxylic acids is 1. The minimum absolute atomic E-state index is 0.0526. The summed E-state index contributed by atoms with van der Waals surface area (Å²) in [4.78, 5) is 15.3. The molecule has 0 bridgehead atoms. The quantitative estimate of drug-likeness (QED) is 0.641. The lowest BCUT2D eigenvalue weighted by atomic mass is 10.0. The highest BCUT2D eigenvalue weighted by Gasteiger charge is 2.26. The molecule has 0 saturated carbocycles. The molecule has 0 radical (unpaired) electrons.